The highest BCUT2D eigenvalue weighted by atomic mass is 31.2. The van der Waals surface area contributed by atoms with E-state index in [4.69, 9.17) is 24.3 Å². The van der Waals surface area contributed by atoms with Crippen LogP contribution in [0, 0.1) is 0 Å². The normalized spacial score (nSPS) is 14.0. The van der Waals surface area contributed by atoms with Gasteiger partial charge in [0.1, 0.15) is 6.61 Å². The van der Waals surface area contributed by atoms with E-state index < -0.39 is 32.5 Å². The third kappa shape index (κ3) is 37.5. The highest BCUT2D eigenvalue weighted by Gasteiger charge is 2.25. The number of rotatable bonds is 37. The van der Waals surface area contributed by atoms with Crippen molar-refractivity contribution in [3.8, 4) is 0 Å². The Bertz CT molecular complexity index is 1040. The number of hydrogen-bond acceptors (Lipinski definition) is 8. The summed E-state index contributed by atoms with van der Waals surface area (Å²) in [6.45, 7) is 3.60. The zero-order valence-corrected chi connectivity index (χ0v) is 33.7. The number of carbonyl (C=O) groups is 2. The van der Waals surface area contributed by atoms with E-state index in [-0.39, 0.29) is 32.6 Å². The van der Waals surface area contributed by atoms with Gasteiger partial charge in [-0.25, -0.2) is 4.57 Å². The third-order valence-corrected chi connectivity index (χ3v) is 9.11. The van der Waals surface area contributed by atoms with Gasteiger partial charge < -0.3 is 20.1 Å². The van der Waals surface area contributed by atoms with Gasteiger partial charge in [0, 0.05) is 19.4 Å². The first-order valence-corrected chi connectivity index (χ1v) is 21.8. The summed E-state index contributed by atoms with van der Waals surface area (Å²) in [6, 6.07) is 0. The highest BCUT2D eigenvalue weighted by molar-refractivity contribution is 7.47. The fraction of sp³-hybridized carbons (Fsp3) is 0.714. The molecule has 0 aliphatic rings. The SMILES string of the molecule is CCCCC/C=C/C/C=C/C/C=C/C/C=C/CCCC(=O)O[C@H](COC(=O)CCCCCCC/C=C/CCCCCCC)COP(=O)(O)OCCN. The highest BCUT2D eigenvalue weighted by Crippen LogP contribution is 2.43. The predicted octanol–water partition coefficient (Wildman–Crippen LogP) is 11.3. The molecule has 0 aliphatic heterocycles. The molecule has 1 unspecified atom stereocenters. The van der Waals surface area contributed by atoms with Crippen LogP contribution in [0.1, 0.15) is 162 Å². The minimum Gasteiger partial charge on any atom is -0.462 e. The Balaban J connectivity index is 4.33. The first-order valence-electron chi connectivity index (χ1n) is 20.3. The second kappa shape index (κ2) is 38.4. The molecule has 0 radical (unpaired) electrons. The van der Waals surface area contributed by atoms with E-state index >= 15 is 0 Å². The van der Waals surface area contributed by atoms with Gasteiger partial charge in [-0.3, -0.25) is 18.6 Å². The number of ether oxygens (including phenoxy) is 2. The van der Waals surface area contributed by atoms with Crippen molar-refractivity contribution in [1.82, 2.24) is 0 Å². The zero-order valence-electron chi connectivity index (χ0n) is 32.8. The minimum atomic E-state index is -4.39. The smallest absolute Gasteiger partial charge is 0.462 e. The standard InChI is InChI=1S/C42H74NO8P/c1-3-5-7-9-11-13-15-17-19-20-21-23-25-27-29-31-33-35-42(45)51-40(39-50-52(46,47)49-37-36-43)38-48-41(44)34-32-30-28-26-24-22-18-16-14-12-10-8-6-4-2/h11,13,16-19,21,23,27,29,40H,3-10,12,14-15,20,22,24-26,28,30-39,43H2,1-2H3,(H,46,47)/b13-11+,18-16+,19-17+,23-21+,29-27+/t40-/m1/s1. The number of phosphoric acid groups is 1. The Labute approximate surface area is 317 Å². The molecule has 300 valence electrons. The summed E-state index contributed by atoms with van der Waals surface area (Å²) in [4.78, 5) is 34.7. The predicted molar refractivity (Wildman–Crippen MR) is 215 cm³/mol. The fourth-order valence-electron chi connectivity index (χ4n) is 5.09. The lowest BCUT2D eigenvalue weighted by Crippen LogP contribution is -2.29. The zero-order chi connectivity index (χ0) is 38.2. The lowest BCUT2D eigenvalue weighted by atomic mass is 10.1. The summed E-state index contributed by atoms with van der Waals surface area (Å²) < 4.78 is 32.6. The summed E-state index contributed by atoms with van der Waals surface area (Å²) in [5, 5.41) is 0. The monoisotopic (exact) mass is 752 g/mol. The maximum Gasteiger partial charge on any atom is 0.472 e. The third-order valence-electron chi connectivity index (χ3n) is 8.13. The molecule has 9 nitrogen and oxygen atoms in total. The van der Waals surface area contributed by atoms with Gasteiger partial charge in [0.2, 0.25) is 0 Å². The molecule has 0 aliphatic carbocycles. The molecule has 3 N–H and O–H groups in total. The van der Waals surface area contributed by atoms with E-state index in [1.807, 2.05) is 6.08 Å². The quantitative estimate of drug-likeness (QED) is 0.0275. The van der Waals surface area contributed by atoms with E-state index in [0.29, 0.717) is 19.3 Å². The second-order valence-electron chi connectivity index (χ2n) is 13.1. The molecule has 0 aromatic rings. The first kappa shape index (κ1) is 49.7. The Hall–Kier alpha value is -2.29. The van der Waals surface area contributed by atoms with E-state index in [2.05, 4.69) is 68.5 Å². The fourth-order valence-corrected chi connectivity index (χ4v) is 5.86. The molecule has 0 aromatic carbocycles. The van der Waals surface area contributed by atoms with E-state index in [9.17, 15) is 19.0 Å². The van der Waals surface area contributed by atoms with Crippen molar-refractivity contribution in [3.05, 3.63) is 60.8 Å². The Morgan fingerprint density at radius 2 is 1.02 bits per heavy atom. The molecule has 0 aromatic heterocycles. The van der Waals surface area contributed by atoms with Crippen molar-refractivity contribution in [2.75, 3.05) is 26.4 Å². The number of allylic oxidation sites excluding steroid dienone is 10. The van der Waals surface area contributed by atoms with Crippen LogP contribution in [0.3, 0.4) is 0 Å². The summed E-state index contributed by atoms with van der Waals surface area (Å²) in [5.41, 5.74) is 5.33. The molecule has 0 bridgehead atoms. The van der Waals surface area contributed by atoms with Gasteiger partial charge in [-0.1, -0.05) is 132 Å². The molecule has 0 saturated heterocycles. The van der Waals surface area contributed by atoms with E-state index in [1.54, 1.807) is 0 Å². The largest absolute Gasteiger partial charge is 0.472 e. The van der Waals surface area contributed by atoms with Gasteiger partial charge in [-0.05, 0) is 77.0 Å². The van der Waals surface area contributed by atoms with Crippen molar-refractivity contribution >= 4 is 19.8 Å². The van der Waals surface area contributed by atoms with Crippen molar-refractivity contribution in [2.45, 2.75) is 168 Å². The molecule has 0 spiro atoms. The lowest BCUT2D eigenvalue weighted by Gasteiger charge is -2.19. The Kier molecular flexibility index (Phi) is 36.7. The Morgan fingerprint density at radius 3 is 1.60 bits per heavy atom. The second-order valence-corrected chi connectivity index (χ2v) is 14.6. The van der Waals surface area contributed by atoms with Crippen LogP contribution in [0.2, 0.25) is 0 Å². The number of unbranched alkanes of at least 4 members (excludes halogenated alkanes) is 14. The van der Waals surface area contributed by atoms with E-state index in [0.717, 1.165) is 51.4 Å². The molecule has 0 amide bonds. The Morgan fingerprint density at radius 1 is 0.577 bits per heavy atom. The van der Waals surface area contributed by atoms with Crippen LogP contribution >= 0.6 is 7.82 Å². The summed E-state index contributed by atoms with van der Waals surface area (Å²) in [6.07, 6.45) is 44.0. The average molecular weight is 752 g/mol. The number of carbonyl (C=O) groups excluding carboxylic acids is 2. The van der Waals surface area contributed by atoms with Crippen molar-refractivity contribution in [2.24, 2.45) is 5.73 Å². The first-order chi connectivity index (χ1) is 25.3. The van der Waals surface area contributed by atoms with Gasteiger partial charge in [0.15, 0.2) is 6.10 Å². The van der Waals surface area contributed by atoms with Crippen molar-refractivity contribution in [3.63, 3.8) is 0 Å². The average Bonchev–Trinajstić information content (AvgIpc) is 3.13. The molecule has 0 saturated carbocycles. The lowest BCUT2D eigenvalue weighted by molar-refractivity contribution is -0.161. The summed E-state index contributed by atoms with van der Waals surface area (Å²) in [5.74, 6) is -0.909. The molecule has 0 rings (SSSR count). The van der Waals surface area contributed by atoms with Gasteiger partial charge in [-0.2, -0.15) is 0 Å². The van der Waals surface area contributed by atoms with Crippen LogP contribution in [-0.2, 0) is 32.7 Å². The molecular weight excluding hydrogens is 677 g/mol. The van der Waals surface area contributed by atoms with Crippen molar-refractivity contribution in [1.29, 1.82) is 0 Å². The van der Waals surface area contributed by atoms with Gasteiger partial charge in [0.25, 0.3) is 0 Å². The number of phosphoric ester groups is 1. The molecule has 52 heavy (non-hydrogen) atoms. The van der Waals surface area contributed by atoms with Crippen LogP contribution in [0.4, 0.5) is 0 Å². The summed E-state index contributed by atoms with van der Waals surface area (Å²) >= 11 is 0. The van der Waals surface area contributed by atoms with Crippen LogP contribution < -0.4 is 5.73 Å². The summed E-state index contributed by atoms with van der Waals surface area (Å²) in [7, 11) is -4.39. The maximum atomic E-state index is 12.5. The van der Waals surface area contributed by atoms with Gasteiger partial charge >= 0.3 is 19.8 Å². The molecule has 0 heterocycles. The molecular formula is C42H74NO8P. The minimum absolute atomic E-state index is 0.0413. The number of hydrogen-bond donors (Lipinski definition) is 2. The maximum absolute atomic E-state index is 12.5. The number of esters is 2. The van der Waals surface area contributed by atoms with Crippen molar-refractivity contribution < 1.29 is 37.6 Å². The van der Waals surface area contributed by atoms with E-state index in [1.165, 1.54) is 64.2 Å². The van der Waals surface area contributed by atoms with Crippen LogP contribution in [-0.4, -0.2) is 49.3 Å². The van der Waals surface area contributed by atoms with Gasteiger partial charge in [-0.15, -0.1) is 0 Å². The molecule has 2 atom stereocenters. The van der Waals surface area contributed by atoms with Gasteiger partial charge in [0.05, 0.1) is 13.2 Å². The number of nitrogens with two attached hydrogens (primary N) is 1. The van der Waals surface area contributed by atoms with Crippen LogP contribution in [0.5, 0.6) is 0 Å². The molecule has 0 fully saturated rings. The topological polar surface area (TPSA) is 134 Å². The molecule has 10 heteroatoms. The van der Waals surface area contributed by atoms with Crippen LogP contribution in [0.15, 0.2) is 60.8 Å². The van der Waals surface area contributed by atoms with Crippen LogP contribution in [0.25, 0.3) is 0 Å².